The largest absolute Gasteiger partial charge is 0.480 e. The zero-order chi connectivity index (χ0) is 17.8. The van der Waals surface area contributed by atoms with Crippen molar-refractivity contribution >= 4 is 17.8 Å². The zero-order valence-corrected chi connectivity index (χ0v) is 14.3. The van der Waals surface area contributed by atoms with E-state index in [1.54, 1.807) is 33.0 Å². The standard InChI is InChI=1S/C14H29N5O4/c1-10(17-4)13(21)18-11(14(22)23)9-12(20)19(7-5-15-2)8-6-16-3/h10-11,15-17H,5-9H2,1-4H3,(H,18,21)(H,22,23). The Morgan fingerprint density at radius 3 is 1.96 bits per heavy atom. The Labute approximate surface area is 137 Å². The number of amides is 2. The predicted molar refractivity (Wildman–Crippen MR) is 87.1 cm³/mol. The summed E-state index contributed by atoms with van der Waals surface area (Å²) in [6.45, 7) is 3.78. The molecule has 0 saturated carbocycles. The molecule has 0 spiro atoms. The number of hydrogen-bond donors (Lipinski definition) is 5. The SMILES string of the molecule is CNCCN(CCNC)C(=O)CC(NC(=O)C(C)NC)C(=O)O. The van der Waals surface area contributed by atoms with Gasteiger partial charge in [0.15, 0.2) is 0 Å². The Kier molecular flexibility index (Phi) is 10.9. The molecule has 2 unspecified atom stereocenters. The number of hydrogen-bond acceptors (Lipinski definition) is 6. The van der Waals surface area contributed by atoms with E-state index in [0.717, 1.165) is 0 Å². The number of carbonyl (C=O) groups is 3. The van der Waals surface area contributed by atoms with Crippen molar-refractivity contribution in [3.63, 3.8) is 0 Å². The normalized spacial score (nSPS) is 13.2. The first-order chi connectivity index (χ1) is 10.9. The second-order valence-electron chi connectivity index (χ2n) is 5.20. The lowest BCUT2D eigenvalue weighted by molar-refractivity contribution is -0.145. The van der Waals surface area contributed by atoms with Crippen LogP contribution in [0.5, 0.6) is 0 Å². The van der Waals surface area contributed by atoms with Gasteiger partial charge in [-0.3, -0.25) is 9.59 Å². The molecular formula is C14H29N5O4. The number of nitrogens with zero attached hydrogens (tertiary/aromatic N) is 1. The summed E-state index contributed by atoms with van der Waals surface area (Å²) in [5, 5.41) is 20.2. The third-order valence-electron chi connectivity index (χ3n) is 3.44. The second kappa shape index (κ2) is 11.8. The lowest BCUT2D eigenvalue weighted by Crippen LogP contribution is -2.51. The summed E-state index contributed by atoms with van der Waals surface area (Å²) in [5.41, 5.74) is 0. The highest BCUT2D eigenvalue weighted by atomic mass is 16.4. The van der Waals surface area contributed by atoms with Gasteiger partial charge in [0.25, 0.3) is 0 Å². The number of carboxylic acids is 1. The number of carbonyl (C=O) groups excluding carboxylic acids is 2. The summed E-state index contributed by atoms with van der Waals surface area (Å²) >= 11 is 0. The van der Waals surface area contributed by atoms with Crippen LogP contribution in [-0.2, 0) is 14.4 Å². The molecule has 0 aliphatic carbocycles. The minimum Gasteiger partial charge on any atom is -0.480 e. The highest BCUT2D eigenvalue weighted by Gasteiger charge is 2.27. The summed E-state index contributed by atoms with van der Waals surface area (Å²) in [6.07, 6.45) is -0.273. The van der Waals surface area contributed by atoms with Crippen molar-refractivity contribution in [2.45, 2.75) is 25.4 Å². The highest BCUT2D eigenvalue weighted by Crippen LogP contribution is 2.01. The lowest BCUT2D eigenvalue weighted by atomic mass is 10.1. The van der Waals surface area contributed by atoms with Gasteiger partial charge in [0.05, 0.1) is 12.5 Å². The lowest BCUT2D eigenvalue weighted by Gasteiger charge is -2.25. The van der Waals surface area contributed by atoms with Gasteiger partial charge < -0.3 is 31.3 Å². The van der Waals surface area contributed by atoms with E-state index in [0.29, 0.717) is 26.2 Å². The minimum atomic E-state index is -1.24. The molecule has 0 rings (SSSR count). The van der Waals surface area contributed by atoms with Crippen LogP contribution in [0.15, 0.2) is 0 Å². The predicted octanol–water partition coefficient (Wildman–Crippen LogP) is -2.18. The van der Waals surface area contributed by atoms with Crippen LogP contribution in [0.25, 0.3) is 0 Å². The molecule has 0 saturated heterocycles. The summed E-state index contributed by atoms with van der Waals surface area (Å²) in [7, 11) is 5.16. The van der Waals surface area contributed by atoms with Gasteiger partial charge in [-0.25, -0.2) is 4.79 Å². The molecule has 0 aromatic carbocycles. The van der Waals surface area contributed by atoms with Crippen molar-refractivity contribution < 1.29 is 19.5 Å². The Bertz CT molecular complexity index is 383. The first kappa shape index (κ1) is 21.3. The first-order valence-electron chi connectivity index (χ1n) is 7.64. The zero-order valence-electron chi connectivity index (χ0n) is 14.3. The highest BCUT2D eigenvalue weighted by molar-refractivity contribution is 5.90. The van der Waals surface area contributed by atoms with Gasteiger partial charge in [-0.15, -0.1) is 0 Å². The molecule has 9 heteroatoms. The molecule has 23 heavy (non-hydrogen) atoms. The Morgan fingerprint density at radius 1 is 1.04 bits per heavy atom. The van der Waals surface area contributed by atoms with Crippen molar-refractivity contribution in [2.75, 3.05) is 47.3 Å². The van der Waals surface area contributed by atoms with E-state index in [2.05, 4.69) is 21.3 Å². The average Bonchev–Trinajstić information content (AvgIpc) is 2.53. The van der Waals surface area contributed by atoms with Crippen LogP contribution in [0.1, 0.15) is 13.3 Å². The van der Waals surface area contributed by atoms with Gasteiger partial charge in [-0.05, 0) is 28.1 Å². The molecule has 0 bridgehead atoms. The molecule has 0 fully saturated rings. The van der Waals surface area contributed by atoms with E-state index >= 15 is 0 Å². The minimum absolute atomic E-state index is 0.273. The van der Waals surface area contributed by atoms with Gasteiger partial charge in [-0.1, -0.05) is 0 Å². The number of nitrogens with one attached hydrogen (secondary N) is 4. The van der Waals surface area contributed by atoms with E-state index in [-0.39, 0.29) is 12.3 Å². The van der Waals surface area contributed by atoms with Crippen molar-refractivity contribution in [3.8, 4) is 0 Å². The quantitative estimate of drug-likeness (QED) is 0.275. The monoisotopic (exact) mass is 331 g/mol. The van der Waals surface area contributed by atoms with Gasteiger partial charge in [0.1, 0.15) is 6.04 Å². The van der Waals surface area contributed by atoms with Crippen molar-refractivity contribution in [3.05, 3.63) is 0 Å². The maximum absolute atomic E-state index is 12.3. The molecule has 2 atom stereocenters. The molecule has 0 aliphatic rings. The van der Waals surface area contributed by atoms with Crippen LogP contribution in [-0.4, -0.2) is 87.2 Å². The van der Waals surface area contributed by atoms with Crippen LogP contribution in [0.2, 0.25) is 0 Å². The maximum Gasteiger partial charge on any atom is 0.326 e. The fourth-order valence-electron chi connectivity index (χ4n) is 1.79. The summed E-state index contributed by atoms with van der Waals surface area (Å²) < 4.78 is 0. The summed E-state index contributed by atoms with van der Waals surface area (Å²) in [4.78, 5) is 37.0. The van der Waals surface area contributed by atoms with E-state index in [4.69, 9.17) is 0 Å². The Balaban J connectivity index is 4.77. The summed E-state index contributed by atoms with van der Waals surface area (Å²) in [6, 6.07) is -1.77. The Hall–Kier alpha value is -1.71. The van der Waals surface area contributed by atoms with E-state index < -0.39 is 24.0 Å². The molecule has 0 aromatic rings. The maximum atomic E-state index is 12.3. The molecular weight excluding hydrogens is 302 g/mol. The Morgan fingerprint density at radius 2 is 1.57 bits per heavy atom. The van der Waals surface area contributed by atoms with Gasteiger partial charge in [0.2, 0.25) is 11.8 Å². The molecule has 0 heterocycles. The molecule has 134 valence electrons. The van der Waals surface area contributed by atoms with E-state index in [1.807, 2.05) is 0 Å². The van der Waals surface area contributed by atoms with Crippen LogP contribution in [0.3, 0.4) is 0 Å². The van der Waals surface area contributed by atoms with Crippen molar-refractivity contribution in [1.29, 1.82) is 0 Å². The third-order valence-corrected chi connectivity index (χ3v) is 3.44. The molecule has 0 radical (unpaired) electrons. The molecule has 0 aromatic heterocycles. The van der Waals surface area contributed by atoms with E-state index in [1.165, 1.54) is 0 Å². The number of aliphatic carboxylic acids is 1. The fraction of sp³-hybridized carbons (Fsp3) is 0.786. The third kappa shape index (κ3) is 8.48. The summed E-state index contributed by atoms with van der Waals surface area (Å²) in [5.74, 6) is -1.98. The smallest absolute Gasteiger partial charge is 0.326 e. The molecule has 0 aliphatic heterocycles. The molecule has 5 N–H and O–H groups in total. The van der Waals surface area contributed by atoms with Crippen LogP contribution in [0.4, 0.5) is 0 Å². The van der Waals surface area contributed by atoms with Crippen LogP contribution >= 0.6 is 0 Å². The number of likely N-dealkylation sites (N-methyl/N-ethyl adjacent to an activating group) is 3. The average molecular weight is 331 g/mol. The fourth-order valence-corrected chi connectivity index (χ4v) is 1.79. The number of carboxylic acid groups (broad SMARTS) is 1. The topological polar surface area (TPSA) is 123 Å². The van der Waals surface area contributed by atoms with Crippen molar-refractivity contribution in [2.24, 2.45) is 0 Å². The van der Waals surface area contributed by atoms with E-state index in [9.17, 15) is 19.5 Å². The second-order valence-corrected chi connectivity index (χ2v) is 5.20. The van der Waals surface area contributed by atoms with Crippen LogP contribution < -0.4 is 21.3 Å². The van der Waals surface area contributed by atoms with Crippen molar-refractivity contribution in [1.82, 2.24) is 26.2 Å². The van der Waals surface area contributed by atoms with Crippen LogP contribution in [0, 0.1) is 0 Å². The molecule has 9 nitrogen and oxygen atoms in total. The number of rotatable bonds is 12. The molecule has 2 amide bonds. The van der Waals surface area contributed by atoms with Gasteiger partial charge in [-0.2, -0.15) is 0 Å². The van der Waals surface area contributed by atoms with Gasteiger partial charge in [0, 0.05) is 26.2 Å². The first-order valence-corrected chi connectivity index (χ1v) is 7.64. The van der Waals surface area contributed by atoms with Gasteiger partial charge >= 0.3 is 5.97 Å².